The van der Waals surface area contributed by atoms with E-state index in [1.165, 1.54) is 6.42 Å². The lowest BCUT2D eigenvalue weighted by atomic mass is 9.96. The molecule has 0 heterocycles. The summed E-state index contributed by atoms with van der Waals surface area (Å²) < 4.78 is 52.7. The van der Waals surface area contributed by atoms with Crippen LogP contribution in [0.4, 0.5) is 22.4 Å². The normalized spacial score (nSPS) is 16.0. The topological polar surface area (TPSA) is 70.2 Å². The predicted molar refractivity (Wildman–Crippen MR) is 105 cm³/mol. The summed E-state index contributed by atoms with van der Waals surface area (Å²) in [6.45, 7) is 0.445. The fourth-order valence-corrected chi connectivity index (χ4v) is 3.52. The Kier molecular flexibility index (Phi) is 9.39. The number of halogens is 4. The molecule has 1 unspecified atom stereocenters. The van der Waals surface area contributed by atoms with Crippen molar-refractivity contribution in [3.63, 3.8) is 0 Å². The van der Waals surface area contributed by atoms with Gasteiger partial charge in [-0.3, -0.25) is 4.79 Å². The summed E-state index contributed by atoms with van der Waals surface area (Å²) in [4.78, 5) is 23.7. The van der Waals surface area contributed by atoms with Gasteiger partial charge in [-0.1, -0.05) is 37.8 Å². The molecule has 3 amide bonds. The van der Waals surface area contributed by atoms with Crippen LogP contribution in [0.1, 0.15) is 69.4 Å². The van der Waals surface area contributed by atoms with E-state index in [4.69, 9.17) is 0 Å². The van der Waals surface area contributed by atoms with E-state index in [1.807, 2.05) is 5.32 Å². The van der Waals surface area contributed by atoms with Crippen molar-refractivity contribution in [1.29, 1.82) is 0 Å². The first-order valence-electron chi connectivity index (χ1n) is 10.4. The molecule has 5 nitrogen and oxygen atoms in total. The van der Waals surface area contributed by atoms with Crippen molar-refractivity contribution >= 4 is 11.9 Å². The summed E-state index contributed by atoms with van der Waals surface area (Å²) in [7, 11) is 0. The van der Waals surface area contributed by atoms with Crippen molar-refractivity contribution in [3.8, 4) is 0 Å². The highest BCUT2D eigenvalue weighted by Crippen LogP contribution is 2.32. The Morgan fingerprint density at radius 1 is 1.00 bits per heavy atom. The zero-order valence-electron chi connectivity index (χ0n) is 16.9. The number of rotatable bonds is 9. The van der Waals surface area contributed by atoms with Crippen LogP contribution in [0.15, 0.2) is 24.3 Å². The third-order valence-corrected chi connectivity index (χ3v) is 5.14. The van der Waals surface area contributed by atoms with Gasteiger partial charge in [-0.2, -0.15) is 13.2 Å². The average molecular weight is 431 g/mol. The van der Waals surface area contributed by atoms with E-state index in [2.05, 4.69) is 10.6 Å². The number of hydrogen-bond acceptors (Lipinski definition) is 2. The van der Waals surface area contributed by atoms with E-state index >= 15 is 0 Å². The monoisotopic (exact) mass is 431 g/mol. The van der Waals surface area contributed by atoms with Crippen LogP contribution in [0.25, 0.3) is 0 Å². The van der Waals surface area contributed by atoms with Crippen molar-refractivity contribution in [2.24, 2.45) is 0 Å². The van der Waals surface area contributed by atoms with Gasteiger partial charge in [0, 0.05) is 19.0 Å². The Balaban J connectivity index is 1.63. The molecule has 1 aliphatic carbocycles. The maximum absolute atomic E-state index is 13.2. The average Bonchev–Trinajstić information content (AvgIpc) is 2.69. The maximum Gasteiger partial charge on any atom is 0.412 e. The number of unbranched alkanes of at least 4 members (excludes halogenated alkanes) is 2. The fraction of sp³-hybridized carbons (Fsp3) is 0.619. The van der Waals surface area contributed by atoms with Crippen molar-refractivity contribution < 1.29 is 27.2 Å². The molecule has 1 aromatic rings. The van der Waals surface area contributed by atoms with Gasteiger partial charge in [0.15, 0.2) is 6.04 Å². The van der Waals surface area contributed by atoms with Gasteiger partial charge >= 0.3 is 12.2 Å². The molecule has 30 heavy (non-hydrogen) atoms. The smallest absolute Gasteiger partial charge is 0.341 e. The second-order valence-electron chi connectivity index (χ2n) is 7.64. The highest BCUT2D eigenvalue weighted by molar-refractivity contribution is 5.76. The Labute approximate surface area is 174 Å². The number of amides is 3. The van der Waals surface area contributed by atoms with E-state index in [0.717, 1.165) is 49.9 Å². The third-order valence-electron chi connectivity index (χ3n) is 5.14. The lowest BCUT2D eigenvalue weighted by Gasteiger charge is -2.22. The summed E-state index contributed by atoms with van der Waals surface area (Å²) in [5.74, 6) is -1.36. The minimum Gasteiger partial charge on any atom is -0.341 e. The lowest BCUT2D eigenvalue weighted by Crippen LogP contribution is -2.43. The molecule has 0 bridgehead atoms. The quantitative estimate of drug-likeness (QED) is 0.391. The highest BCUT2D eigenvalue weighted by Gasteiger charge is 2.41. The summed E-state index contributed by atoms with van der Waals surface area (Å²) in [5, 5.41) is 7.69. The Morgan fingerprint density at radius 3 is 2.30 bits per heavy atom. The molecule has 1 atom stereocenters. The van der Waals surface area contributed by atoms with Gasteiger partial charge in [0.1, 0.15) is 5.82 Å². The van der Waals surface area contributed by atoms with Crippen molar-refractivity contribution in [2.75, 3.05) is 6.54 Å². The zero-order chi connectivity index (χ0) is 22.0. The van der Waals surface area contributed by atoms with Crippen molar-refractivity contribution in [2.45, 2.75) is 76.0 Å². The number of hydrogen-bond donors (Lipinski definition) is 3. The first kappa shape index (κ1) is 24.0. The van der Waals surface area contributed by atoms with Gasteiger partial charge in [-0.25, -0.2) is 9.18 Å². The highest BCUT2D eigenvalue weighted by atomic mass is 19.4. The minimum absolute atomic E-state index is 0.0535. The van der Waals surface area contributed by atoms with Gasteiger partial charge in [0.05, 0.1) is 0 Å². The van der Waals surface area contributed by atoms with Crippen molar-refractivity contribution in [1.82, 2.24) is 16.0 Å². The van der Waals surface area contributed by atoms with Crippen LogP contribution in [0.5, 0.6) is 0 Å². The van der Waals surface area contributed by atoms with E-state index < -0.39 is 23.9 Å². The molecule has 3 N–H and O–H groups in total. The predicted octanol–water partition coefficient (Wildman–Crippen LogP) is 4.74. The fourth-order valence-electron chi connectivity index (χ4n) is 3.52. The third kappa shape index (κ3) is 8.59. The van der Waals surface area contributed by atoms with Crippen LogP contribution in [-0.2, 0) is 4.79 Å². The molecule has 0 saturated heterocycles. The standard InChI is InChI=1S/C21H29F4N3O2/c22-16-12-10-15(11-13-16)19(21(23,24)25)28-18(29)9-5-2-6-14-26-20(30)27-17-7-3-1-4-8-17/h10-13,17,19H,1-9,14H2,(H,28,29)(H2,26,27,30). The summed E-state index contributed by atoms with van der Waals surface area (Å²) in [6, 6.07) is 1.73. The molecule has 2 rings (SSSR count). The summed E-state index contributed by atoms with van der Waals surface area (Å²) >= 11 is 0. The van der Waals surface area contributed by atoms with Gasteiger partial charge < -0.3 is 16.0 Å². The Bertz CT molecular complexity index is 674. The van der Waals surface area contributed by atoms with E-state index in [1.54, 1.807) is 0 Å². The molecular formula is C21H29F4N3O2. The van der Waals surface area contributed by atoms with Crippen LogP contribution >= 0.6 is 0 Å². The van der Waals surface area contributed by atoms with Crippen LogP contribution in [-0.4, -0.2) is 30.7 Å². The number of alkyl halides is 3. The van der Waals surface area contributed by atoms with Gasteiger partial charge in [-0.15, -0.1) is 0 Å². The van der Waals surface area contributed by atoms with Crippen LogP contribution in [0.2, 0.25) is 0 Å². The summed E-state index contributed by atoms with van der Waals surface area (Å²) in [5.41, 5.74) is -0.217. The molecule has 1 aromatic carbocycles. The van der Waals surface area contributed by atoms with Gasteiger partial charge in [0.2, 0.25) is 5.91 Å². The van der Waals surface area contributed by atoms with Gasteiger partial charge in [0.25, 0.3) is 0 Å². The second kappa shape index (κ2) is 11.8. The molecule has 1 fully saturated rings. The van der Waals surface area contributed by atoms with E-state index in [-0.39, 0.29) is 24.1 Å². The molecule has 1 aliphatic rings. The second-order valence-corrected chi connectivity index (χ2v) is 7.64. The molecular weight excluding hydrogens is 402 g/mol. The molecule has 1 saturated carbocycles. The minimum atomic E-state index is -4.68. The van der Waals surface area contributed by atoms with Gasteiger partial charge in [-0.05, 0) is 43.4 Å². The van der Waals surface area contributed by atoms with E-state index in [9.17, 15) is 27.2 Å². The maximum atomic E-state index is 13.2. The van der Waals surface area contributed by atoms with Crippen LogP contribution in [0.3, 0.4) is 0 Å². The Morgan fingerprint density at radius 2 is 1.67 bits per heavy atom. The van der Waals surface area contributed by atoms with Crippen molar-refractivity contribution in [3.05, 3.63) is 35.6 Å². The number of carbonyl (C=O) groups excluding carboxylic acids is 2. The first-order valence-corrected chi connectivity index (χ1v) is 10.4. The number of urea groups is 1. The molecule has 0 aromatic heterocycles. The summed E-state index contributed by atoms with van der Waals surface area (Å²) in [6.07, 6.45) is 2.37. The molecule has 9 heteroatoms. The lowest BCUT2D eigenvalue weighted by molar-refractivity contribution is -0.163. The molecule has 0 spiro atoms. The Hall–Kier alpha value is -2.32. The molecule has 168 valence electrons. The largest absolute Gasteiger partial charge is 0.412 e. The SMILES string of the molecule is O=C(CCCCCNC(=O)NC1CCCCC1)NC(c1ccc(F)cc1)C(F)(F)F. The number of carbonyl (C=O) groups is 2. The van der Waals surface area contributed by atoms with Crippen LogP contribution < -0.4 is 16.0 Å². The molecule has 0 aliphatic heterocycles. The first-order chi connectivity index (χ1) is 14.3. The van der Waals surface area contributed by atoms with E-state index in [0.29, 0.717) is 25.8 Å². The van der Waals surface area contributed by atoms with Crippen LogP contribution in [0, 0.1) is 5.82 Å². The number of nitrogens with one attached hydrogen (secondary N) is 3. The molecule has 0 radical (unpaired) electrons. The number of benzene rings is 1. The zero-order valence-corrected chi connectivity index (χ0v) is 16.9.